The van der Waals surface area contributed by atoms with Crippen molar-refractivity contribution in [1.82, 2.24) is 29.8 Å². The molecule has 1 unspecified atom stereocenters. The number of hydrogen-bond acceptors (Lipinski definition) is 10. The van der Waals surface area contributed by atoms with Crippen molar-refractivity contribution in [1.29, 1.82) is 0 Å². The molecule has 2 aromatic heterocycles. The summed E-state index contributed by atoms with van der Waals surface area (Å²) < 4.78 is 69.1. The molecule has 5 atom stereocenters. The van der Waals surface area contributed by atoms with Gasteiger partial charge in [0, 0.05) is 55.3 Å². The molecule has 2 saturated carbocycles. The number of carbonyl (C=O) groups is 4. The van der Waals surface area contributed by atoms with Gasteiger partial charge in [-0.05, 0) is 69.2 Å². The lowest BCUT2D eigenvalue weighted by Gasteiger charge is -2.34. The molecule has 0 spiro atoms. The van der Waals surface area contributed by atoms with Crippen LogP contribution in [0.5, 0.6) is 11.5 Å². The van der Waals surface area contributed by atoms with Crippen molar-refractivity contribution in [2.24, 2.45) is 11.8 Å². The van der Waals surface area contributed by atoms with Crippen LogP contribution >= 0.6 is 11.6 Å². The van der Waals surface area contributed by atoms with E-state index in [0.717, 1.165) is 11.3 Å². The van der Waals surface area contributed by atoms with Crippen molar-refractivity contribution in [2.45, 2.75) is 106 Å². The summed E-state index contributed by atoms with van der Waals surface area (Å²) in [7, 11) is -2.47. The average molecular weight is 883 g/mol. The number of carbonyl (C=O) groups excluding carboxylic acids is 4. The zero-order chi connectivity index (χ0) is 43.1. The first-order valence-corrected chi connectivity index (χ1v) is 22.9. The fraction of sp³-hybridized carbons (Fsp3) is 0.535. The Bertz CT molecular complexity index is 2350. The molecule has 4 fully saturated rings. The van der Waals surface area contributed by atoms with Gasteiger partial charge in [0.2, 0.25) is 27.7 Å². The van der Waals surface area contributed by atoms with E-state index in [2.05, 4.69) is 15.0 Å². The fourth-order valence-electron chi connectivity index (χ4n) is 8.79. The van der Waals surface area contributed by atoms with E-state index in [4.69, 9.17) is 26.1 Å². The lowest BCUT2D eigenvalue weighted by molar-refractivity contribution is -0.148. The highest BCUT2D eigenvalue weighted by molar-refractivity contribution is 7.91. The van der Waals surface area contributed by atoms with Crippen LogP contribution in [0.1, 0.15) is 77.0 Å². The van der Waals surface area contributed by atoms with Gasteiger partial charge in [0.1, 0.15) is 34.2 Å². The number of fused-ring (bicyclic) bond motifs is 3. The summed E-state index contributed by atoms with van der Waals surface area (Å²) in [5.74, 6) is -6.33. The number of benzene rings is 1. The van der Waals surface area contributed by atoms with Gasteiger partial charge in [0.25, 0.3) is 11.8 Å². The van der Waals surface area contributed by atoms with Crippen molar-refractivity contribution in [2.75, 3.05) is 26.7 Å². The Hall–Kier alpha value is -4.90. The minimum Gasteiger partial charge on any atom is -0.495 e. The third-order valence-corrected chi connectivity index (χ3v) is 14.6. The maximum atomic E-state index is 14.8. The molecular formula is C43H49ClF2N6O8S. The first kappa shape index (κ1) is 42.8. The van der Waals surface area contributed by atoms with Gasteiger partial charge < -0.3 is 24.6 Å². The van der Waals surface area contributed by atoms with Crippen LogP contribution in [0.2, 0.25) is 5.02 Å². The predicted octanol–water partition coefficient (Wildman–Crippen LogP) is 5.57. The van der Waals surface area contributed by atoms with E-state index in [9.17, 15) is 36.4 Å². The number of nitrogens with zero attached hydrogens (tertiary/aromatic N) is 4. The highest BCUT2D eigenvalue weighted by Crippen LogP contribution is 2.46. The Kier molecular flexibility index (Phi) is 12.0. The number of hydrogen-bond donors (Lipinski definition) is 2. The number of aromatic nitrogens is 2. The second kappa shape index (κ2) is 17.1. The number of ether oxygens (including phenoxy) is 2. The molecule has 5 heterocycles. The summed E-state index contributed by atoms with van der Waals surface area (Å²) >= 11 is 6.78. The van der Waals surface area contributed by atoms with Crippen LogP contribution in [0.3, 0.4) is 0 Å². The number of allylic oxidation sites excluding steroid dienone is 1. The summed E-state index contributed by atoms with van der Waals surface area (Å²) in [6, 6.07) is 9.24. The number of halogens is 3. The zero-order valence-corrected chi connectivity index (χ0v) is 35.4. The topological polar surface area (TPSA) is 177 Å². The second-order valence-corrected chi connectivity index (χ2v) is 19.2. The molecule has 8 rings (SSSR count). The van der Waals surface area contributed by atoms with Crippen molar-refractivity contribution >= 4 is 56.2 Å². The van der Waals surface area contributed by atoms with E-state index in [1.165, 1.54) is 12.0 Å². The van der Waals surface area contributed by atoms with Crippen molar-refractivity contribution in [3.63, 3.8) is 0 Å². The molecule has 61 heavy (non-hydrogen) atoms. The second-order valence-electron chi connectivity index (χ2n) is 16.9. The Morgan fingerprint density at radius 1 is 1.05 bits per heavy atom. The summed E-state index contributed by atoms with van der Waals surface area (Å²) in [4.78, 5) is 68.7. The van der Waals surface area contributed by atoms with Crippen LogP contribution in [0.15, 0.2) is 54.7 Å². The molecule has 3 aliphatic heterocycles. The minimum absolute atomic E-state index is 0.0399. The normalized spacial score (nSPS) is 27.5. The number of alkyl halides is 2. The zero-order valence-electron chi connectivity index (χ0n) is 33.8. The number of pyridine rings is 2. The highest BCUT2D eigenvalue weighted by Gasteiger charge is 2.62. The SMILES string of the molecule is COc1ccc2c(O[C@@H]3C[C@H]4C(=O)N[C@]5(C(=O)NS(=O)(=O)C6CC6)CC5/C=C\CCCCC[C@H](CC(=O)N5CCCC(F)(F)C5)C(=O)N4C3)cc(-c3ccccn3)nc2c1Cl. The summed E-state index contributed by atoms with van der Waals surface area (Å²) in [5, 5.41) is 2.95. The van der Waals surface area contributed by atoms with Crippen molar-refractivity contribution < 1.29 is 45.9 Å². The lowest BCUT2D eigenvalue weighted by Crippen LogP contribution is -2.57. The maximum Gasteiger partial charge on any atom is 0.265 e. The van der Waals surface area contributed by atoms with E-state index in [0.29, 0.717) is 65.9 Å². The molecule has 2 N–H and O–H groups in total. The molecule has 18 heteroatoms. The highest BCUT2D eigenvalue weighted by atomic mass is 35.5. The molecule has 4 amide bonds. The van der Waals surface area contributed by atoms with E-state index in [1.54, 1.807) is 42.6 Å². The quantitative estimate of drug-likeness (QED) is 0.258. The number of sulfonamides is 1. The van der Waals surface area contributed by atoms with E-state index < -0.39 is 80.9 Å². The molecule has 2 saturated heterocycles. The molecule has 0 bridgehead atoms. The van der Waals surface area contributed by atoms with Crippen LogP contribution in [0.4, 0.5) is 8.78 Å². The number of methoxy groups -OCH3 is 1. The van der Waals surface area contributed by atoms with Gasteiger partial charge in [-0.15, -0.1) is 0 Å². The smallest absolute Gasteiger partial charge is 0.265 e. The summed E-state index contributed by atoms with van der Waals surface area (Å²) in [5.41, 5.74) is -0.248. The number of rotatable bonds is 9. The first-order valence-electron chi connectivity index (χ1n) is 20.9. The third kappa shape index (κ3) is 9.18. The van der Waals surface area contributed by atoms with Crippen LogP contribution in [-0.4, -0.2) is 107 Å². The average Bonchev–Trinajstić information content (AvgIpc) is 4.16. The van der Waals surface area contributed by atoms with E-state index in [-0.39, 0.29) is 56.6 Å². The number of amides is 4. The van der Waals surface area contributed by atoms with Crippen molar-refractivity contribution in [3.05, 3.63) is 59.8 Å². The standard InChI is InChI=1S/C43H49ClF2N6O8S/c1-59-34-16-15-30-35(22-32(48-38(30)37(34)44)31-12-7-8-18-47-31)60-28-21-33-39(54)49-43(41(56)50-61(57,58)29-13-14-29)23-27(43)11-6-4-2-3-5-10-26(40(55)52(33)24-28)20-36(53)51-19-9-17-42(45,46)25-51/h6-8,11-12,15-16,18,22,26-29,33H,2-5,9-10,13-14,17,19-21,23-25H2,1H3,(H,49,54)(H,50,56)/b11-6-/t26-,27?,28-,33+,43-/m1/s1. The minimum atomic E-state index is -3.95. The van der Waals surface area contributed by atoms with Gasteiger partial charge >= 0.3 is 0 Å². The van der Waals surface area contributed by atoms with Crippen LogP contribution in [-0.2, 0) is 29.2 Å². The molecular weight excluding hydrogens is 834 g/mol. The van der Waals surface area contributed by atoms with Crippen LogP contribution in [0.25, 0.3) is 22.3 Å². The third-order valence-electron chi connectivity index (χ3n) is 12.4. The Morgan fingerprint density at radius 2 is 1.87 bits per heavy atom. The van der Waals surface area contributed by atoms with Crippen molar-refractivity contribution in [3.8, 4) is 22.9 Å². The Labute approximate surface area is 357 Å². The maximum absolute atomic E-state index is 14.8. The number of likely N-dealkylation sites (tertiary alicyclic amines) is 1. The molecule has 1 aromatic carbocycles. The predicted molar refractivity (Wildman–Crippen MR) is 221 cm³/mol. The Balaban J connectivity index is 1.14. The molecule has 5 aliphatic rings. The fourth-order valence-corrected chi connectivity index (χ4v) is 10.4. The molecule has 326 valence electrons. The first-order chi connectivity index (χ1) is 29.2. The van der Waals surface area contributed by atoms with Crippen LogP contribution in [0, 0.1) is 11.8 Å². The number of nitrogens with one attached hydrogen (secondary N) is 2. The number of piperidine rings is 1. The van der Waals surface area contributed by atoms with Crippen LogP contribution < -0.4 is 19.5 Å². The van der Waals surface area contributed by atoms with Gasteiger partial charge in [0.15, 0.2) is 0 Å². The van der Waals surface area contributed by atoms with E-state index in [1.807, 2.05) is 12.2 Å². The van der Waals surface area contributed by atoms with Gasteiger partial charge in [-0.1, -0.05) is 42.7 Å². The summed E-state index contributed by atoms with van der Waals surface area (Å²) in [6.45, 7) is -0.666. The largest absolute Gasteiger partial charge is 0.495 e. The molecule has 14 nitrogen and oxygen atoms in total. The molecule has 0 radical (unpaired) electrons. The molecule has 2 aliphatic carbocycles. The lowest BCUT2D eigenvalue weighted by atomic mass is 9.94. The van der Waals surface area contributed by atoms with E-state index >= 15 is 0 Å². The van der Waals surface area contributed by atoms with Gasteiger partial charge in [-0.25, -0.2) is 22.2 Å². The van der Waals surface area contributed by atoms with Gasteiger partial charge in [-0.2, -0.15) is 0 Å². The monoisotopic (exact) mass is 882 g/mol. The molecule has 3 aromatic rings. The van der Waals surface area contributed by atoms with Gasteiger partial charge in [0.05, 0.1) is 42.4 Å². The van der Waals surface area contributed by atoms with Gasteiger partial charge in [-0.3, -0.25) is 28.9 Å². The summed E-state index contributed by atoms with van der Waals surface area (Å²) in [6.07, 6.45) is 7.96. The Morgan fingerprint density at radius 3 is 2.61 bits per heavy atom.